The summed E-state index contributed by atoms with van der Waals surface area (Å²) in [5.41, 5.74) is 3.21. The molecule has 1 rings (SSSR count). The van der Waals surface area contributed by atoms with Crippen LogP contribution in [0.15, 0.2) is 12.1 Å². The van der Waals surface area contributed by atoms with Gasteiger partial charge in [-0.15, -0.1) is 0 Å². The summed E-state index contributed by atoms with van der Waals surface area (Å²) in [6.45, 7) is 8.37. The second-order valence-corrected chi connectivity index (χ2v) is 5.70. The van der Waals surface area contributed by atoms with Gasteiger partial charge in [0.05, 0.1) is 0 Å². The summed E-state index contributed by atoms with van der Waals surface area (Å²) in [6, 6.07) is 3.91. The van der Waals surface area contributed by atoms with E-state index < -0.39 is 0 Å². The molecule has 0 aliphatic carbocycles. The van der Waals surface area contributed by atoms with E-state index in [2.05, 4.69) is 27.7 Å². The summed E-state index contributed by atoms with van der Waals surface area (Å²) < 4.78 is 0. The van der Waals surface area contributed by atoms with E-state index in [1.165, 1.54) is 0 Å². The third-order valence-electron chi connectivity index (χ3n) is 2.86. The minimum atomic E-state index is -0.337. The van der Waals surface area contributed by atoms with E-state index in [0.717, 1.165) is 21.7 Å². The number of carbonyl (C=O) groups excluding carboxylic acids is 1. The van der Waals surface area contributed by atoms with Crippen LogP contribution in [0, 0.1) is 0 Å². The quantitative estimate of drug-likeness (QED) is 0.713. The second kappa shape index (κ2) is 5.88. The summed E-state index contributed by atoms with van der Waals surface area (Å²) in [6.07, 6.45) is 0.253. The van der Waals surface area contributed by atoms with Gasteiger partial charge in [-0.25, -0.2) is 0 Å². The first-order valence-corrected chi connectivity index (χ1v) is 6.59. The van der Waals surface area contributed by atoms with Gasteiger partial charge in [-0.2, -0.15) is 0 Å². The molecule has 1 nitrogen and oxygen atoms in total. The van der Waals surface area contributed by atoms with Crippen molar-refractivity contribution in [3.05, 3.63) is 33.8 Å². The fourth-order valence-electron chi connectivity index (χ4n) is 2.15. The zero-order valence-electron chi connectivity index (χ0n) is 10.7. The Kier molecular flexibility index (Phi) is 5.03. The molecule has 0 spiro atoms. The molecule has 0 aromatic heterocycles. The van der Waals surface area contributed by atoms with Gasteiger partial charge >= 0.3 is 0 Å². The fourth-order valence-corrected chi connectivity index (χ4v) is 2.68. The van der Waals surface area contributed by atoms with Gasteiger partial charge in [-0.05, 0) is 46.2 Å². The number of benzene rings is 1. The van der Waals surface area contributed by atoms with Crippen molar-refractivity contribution in [2.75, 3.05) is 0 Å². The molecule has 0 bridgehead atoms. The third kappa shape index (κ3) is 3.46. The van der Waals surface area contributed by atoms with E-state index in [-0.39, 0.29) is 17.6 Å². The van der Waals surface area contributed by atoms with Gasteiger partial charge < -0.3 is 0 Å². The van der Waals surface area contributed by atoms with Crippen molar-refractivity contribution >= 4 is 28.4 Å². The van der Waals surface area contributed by atoms with Crippen LogP contribution >= 0.6 is 23.2 Å². The molecule has 0 saturated carbocycles. The van der Waals surface area contributed by atoms with Gasteiger partial charge in [0.1, 0.15) is 0 Å². The highest BCUT2D eigenvalue weighted by Crippen LogP contribution is 2.34. The van der Waals surface area contributed by atoms with Crippen molar-refractivity contribution < 1.29 is 4.79 Å². The highest BCUT2D eigenvalue weighted by atomic mass is 35.5. The minimum absolute atomic E-state index is 0.253. The van der Waals surface area contributed by atoms with Crippen molar-refractivity contribution in [2.45, 2.75) is 46.0 Å². The van der Waals surface area contributed by atoms with Crippen LogP contribution in [0.5, 0.6) is 0 Å². The molecule has 0 unspecified atom stereocenters. The minimum Gasteiger partial charge on any atom is -0.281 e. The Morgan fingerprint density at radius 1 is 1.18 bits per heavy atom. The van der Waals surface area contributed by atoms with Crippen molar-refractivity contribution in [3.8, 4) is 0 Å². The average Bonchev–Trinajstić information content (AvgIpc) is 2.15. The van der Waals surface area contributed by atoms with Crippen LogP contribution in [0.3, 0.4) is 0 Å². The smallest absolute Gasteiger partial charge is 0.226 e. The van der Waals surface area contributed by atoms with Crippen LogP contribution in [-0.2, 0) is 11.2 Å². The van der Waals surface area contributed by atoms with E-state index in [9.17, 15) is 4.79 Å². The molecule has 0 radical (unpaired) electrons. The Bertz CT molecular complexity index is 422. The lowest BCUT2D eigenvalue weighted by Crippen LogP contribution is -2.07. The number of carbonyl (C=O) groups is 1. The van der Waals surface area contributed by atoms with Crippen molar-refractivity contribution in [2.24, 2.45) is 0 Å². The Morgan fingerprint density at radius 2 is 1.76 bits per heavy atom. The number of hydrogen-bond acceptors (Lipinski definition) is 1. The molecular weight excluding hydrogens is 255 g/mol. The SMILES string of the molecule is CC(C)c1ccc(Cl)c(C(C)C)c1CC(=O)Cl. The third-order valence-corrected chi connectivity index (χ3v) is 3.32. The van der Waals surface area contributed by atoms with Crippen LogP contribution in [0.2, 0.25) is 5.02 Å². The zero-order chi connectivity index (χ0) is 13.2. The summed E-state index contributed by atoms with van der Waals surface area (Å²) in [4.78, 5) is 11.2. The molecule has 0 amide bonds. The first-order valence-electron chi connectivity index (χ1n) is 5.84. The van der Waals surface area contributed by atoms with Gasteiger partial charge in [-0.1, -0.05) is 45.4 Å². The van der Waals surface area contributed by atoms with Crippen LogP contribution in [0.4, 0.5) is 0 Å². The lowest BCUT2D eigenvalue weighted by atomic mass is 9.87. The molecule has 1 aromatic rings. The standard InChI is InChI=1S/C14H18Cl2O/c1-8(2)10-5-6-12(15)14(9(3)4)11(10)7-13(16)17/h5-6,8-9H,7H2,1-4H3. The fraction of sp³-hybridized carbons (Fsp3) is 0.500. The van der Waals surface area contributed by atoms with Crippen molar-refractivity contribution in [1.29, 1.82) is 0 Å². The normalized spacial score (nSPS) is 11.3. The monoisotopic (exact) mass is 272 g/mol. The summed E-state index contributed by atoms with van der Waals surface area (Å²) >= 11 is 11.8. The van der Waals surface area contributed by atoms with Gasteiger partial charge in [0, 0.05) is 11.4 Å². The maximum absolute atomic E-state index is 11.2. The van der Waals surface area contributed by atoms with Crippen molar-refractivity contribution in [3.63, 3.8) is 0 Å². The molecule has 0 heterocycles. The maximum atomic E-state index is 11.2. The van der Waals surface area contributed by atoms with Crippen LogP contribution in [0.1, 0.15) is 56.2 Å². The number of hydrogen-bond donors (Lipinski definition) is 0. The average molecular weight is 273 g/mol. The molecular formula is C14H18Cl2O. The van der Waals surface area contributed by atoms with Gasteiger partial charge in [0.2, 0.25) is 5.24 Å². The Hall–Kier alpha value is -0.530. The Balaban J connectivity index is 3.43. The first kappa shape index (κ1) is 14.5. The first-order chi connectivity index (χ1) is 7.84. The summed E-state index contributed by atoms with van der Waals surface area (Å²) in [5.74, 6) is 0.642. The number of halogens is 2. The summed E-state index contributed by atoms with van der Waals surface area (Å²) in [5, 5.41) is 0.383. The Morgan fingerprint density at radius 3 is 2.18 bits per heavy atom. The van der Waals surface area contributed by atoms with Crippen LogP contribution in [-0.4, -0.2) is 5.24 Å². The van der Waals surface area contributed by atoms with Gasteiger partial charge in [-0.3, -0.25) is 4.79 Å². The summed E-state index contributed by atoms with van der Waals surface area (Å²) in [7, 11) is 0. The zero-order valence-corrected chi connectivity index (χ0v) is 12.2. The van der Waals surface area contributed by atoms with E-state index in [1.54, 1.807) is 0 Å². The highest BCUT2D eigenvalue weighted by molar-refractivity contribution is 6.63. The molecule has 94 valence electrons. The molecule has 0 fully saturated rings. The lowest BCUT2D eigenvalue weighted by Gasteiger charge is -2.20. The van der Waals surface area contributed by atoms with E-state index in [1.807, 2.05) is 12.1 Å². The van der Waals surface area contributed by atoms with Crippen LogP contribution in [0.25, 0.3) is 0 Å². The molecule has 3 heteroatoms. The van der Waals surface area contributed by atoms with Gasteiger partial charge in [0.25, 0.3) is 0 Å². The largest absolute Gasteiger partial charge is 0.281 e. The molecule has 0 aliphatic rings. The van der Waals surface area contributed by atoms with E-state index in [0.29, 0.717) is 5.92 Å². The topological polar surface area (TPSA) is 17.1 Å². The highest BCUT2D eigenvalue weighted by Gasteiger charge is 2.18. The predicted octanol–water partition coefficient (Wildman–Crippen LogP) is 4.89. The molecule has 0 atom stereocenters. The predicted molar refractivity (Wildman–Crippen MR) is 74.2 cm³/mol. The Labute approximate surface area is 113 Å². The number of rotatable bonds is 4. The molecule has 0 N–H and O–H groups in total. The molecule has 0 aliphatic heterocycles. The van der Waals surface area contributed by atoms with Crippen LogP contribution < -0.4 is 0 Å². The van der Waals surface area contributed by atoms with Crippen molar-refractivity contribution in [1.82, 2.24) is 0 Å². The molecule has 1 aromatic carbocycles. The lowest BCUT2D eigenvalue weighted by molar-refractivity contribution is -0.111. The van der Waals surface area contributed by atoms with E-state index >= 15 is 0 Å². The second-order valence-electron chi connectivity index (χ2n) is 4.87. The molecule has 0 saturated heterocycles. The van der Waals surface area contributed by atoms with Gasteiger partial charge in [0.15, 0.2) is 0 Å². The molecule has 17 heavy (non-hydrogen) atoms. The maximum Gasteiger partial charge on any atom is 0.226 e. The van der Waals surface area contributed by atoms with E-state index in [4.69, 9.17) is 23.2 Å².